The Morgan fingerprint density at radius 1 is 0.213 bits per heavy atom. The van der Waals surface area contributed by atoms with Crippen molar-refractivity contribution in [2.45, 2.75) is 13.2 Å². The van der Waals surface area contributed by atoms with E-state index in [4.69, 9.17) is 81.3 Å². The van der Waals surface area contributed by atoms with Crippen LogP contribution in [0.3, 0.4) is 0 Å². The van der Waals surface area contributed by atoms with Crippen molar-refractivity contribution in [2.75, 3.05) is 159 Å². The first-order chi connectivity index (χ1) is 37.2. The van der Waals surface area contributed by atoms with E-state index in [2.05, 4.69) is 0 Å². The van der Waals surface area contributed by atoms with E-state index in [1.165, 1.54) is 0 Å². The molecule has 0 saturated carbocycles. The van der Waals surface area contributed by atoms with Crippen molar-refractivity contribution in [3.05, 3.63) is 132 Å². The predicted octanol–water partition coefficient (Wildman–Crippen LogP) is 7.50. The average Bonchev–Trinajstić information content (AvgIpc) is 3.45. The number of hydrogen-bond acceptors (Lipinski definition) is 17. The van der Waals surface area contributed by atoms with Crippen LogP contribution in [0.4, 0.5) is 0 Å². The number of benzene rings is 6. The van der Waals surface area contributed by atoms with Crippen LogP contribution in [0, 0.1) is 0 Å². The van der Waals surface area contributed by atoms with E-state index in [1.807, 2.05) is 121 Å². The molecule has 408 valence electrons. The predicted molar refractivity (Wildman–Crippen MR) is 283 cm³/mol. The lowest BCUT2D eigenvalue weighted by Crippen LogP contribution is -2.14. The molecule has 0 fully saturated rings. The van der Waals surface area contributed by atoms with Crippen LogP contribution < -0.4 is 28.4 Å². The first-order valence-electron chi connectivity index (χ1n) is 25.6. The lowest BCUT2D eigenvalue weighted by atomic mass is 10.1. The summed E-state index contributed by atoms with van der Waals surface area (Å²) in [6.07, 6.45) is 0. The zero-order chi connectivity index (χ0) is 52.1. The third kappa shape index (κ3) is 22.9. The molecule has 2 N–H and O–H groups in total. The first kappa shape index (κ1) is 58.5. The Bertz CT molecular complexity index is 2230. The van der Waals surface area contributed by atoms with Gasteiger partial charge in [-0.2, -0.15) is 0 Å². The summed E-state index contributed by atoms with van der Waals surface area (Å²) >= 11 is 0. The number of aliphatic hydroxyl groups is 2. The van der Waals surface area contributed by atoms with Crippen molar-refractivity contribution in [1.82, 2.24) is 0 Å². The van der Waals surface area contributed by atoms with Crippen molar-refractivity contribution in [2.24, 2.45) is 0 Å². The van der Waals surface area contributed by atoms with Gasteiger partial charge >= 0.3 is 0 Å². The largest absolute Gasteiger partial charge is 0.491 e. The SMILES string of the molecule is OCc1ccc(OCCOCCOCCOCCOc2cccc3c(OCCOCCOCCOCCOc4cccc5c(OCCOCCOCCOCCOc6ccc(CO)cc6)cccc45)cccc23)cc1. The number of fused-ring (bicyclic) bond motifs is 2. The molecule has 0 aliphatic heterocycles. The summed E-state index contributed by atoms with van der Waals surface area (Å²) in [4.78, 5) is 0. The summed E-state index contributed by atoms with van der Waals surface area (Å²) < 4.78 is 86.4. The van der Waals surface area contributed by atoms with Gasteiger partial charge < -0.3 is 81.3 Å². The van der Waals surface area contributed by atoms with Gasteiger partial charge in [-0.3, -0.25) is 0 Å². The number of ether oxygens (including phenoxy) is 15. The van der Waals surface area contributed by atoms with Crippen LogP contribution >= 0.6 is 0 Å². The molecule has 75 heavy (non-hydrogen) atoms. The molecule has 6 aromatic rings. The van der Waals surface area contributed by atoms with Crippen LogP contribution in [0.2, 0.25) is 0 Å². The van der Waals surface area contributed by atoms with Crippen LogP contribution in [0.15, 0.2) is 121 Å². The molecule has 17 nitrogen and oxygen atoms in total. The van der Waals surface area contributed by atoms with Gasteiger partial charge in [0.1, 0.15) is 74.1 Å². The quantitative estimate of drug-likeness (QED) is 0.0359. The van der Waals surface area contributed by atoms with E-state index in [-0.39, 0.29) is 13.2 Å². The molecule has 6 aromatic carbocycles. The molecule has 0 bridgehead atoms. The van der Waals surface area contributed by atoms with E-state index in [9.17, 15) is 0 Å². The molecular formula is C58H74O17. The van der Waals surface area contributed by atoms with E-state index in [1.54, 1.807) is 0 Å². The maximum absolute atomic E-state index is 9.12. The van der Waals surface area contributed by atoms with Gasteiger partial charge in [-0.15, -0.1) is 0 Å². The average molecular weight is 1040 g/mol. The summed E-state index contributed by atoms with van der Waals surface area (Å²) in [5.41, 5.74) is 1.69. The minimum absolute atomic E-state index is 0.0135. The van der Waals surface area contributed by atoms with Crippen molar-refractivity contribution < 1.29 is 81.3 Å². The zero-order valence-electron chi connectivity index (χ0n) is 42.9. The molecule has 0 saturated heterocycles. The van der Waals surface area contributed by atoms with Gasteiger partial charge in [-0.25, -0.2) is 0 Å². The van der Waals surface area contributed by atoms with Crippen LogP contribution in [-0.4, -0.2) is 169 Å². The molecule has 0 aliphatic rings. The fourth-order valence-corrected chi connectivity index (χ4v) is 7.29. The van der Waals surface area contributed by atoms with Crippen LogP contribution in [0.25, 0.3) is 21.5 Å². The van der Waals surface area contributed by atoms with Gasteiger partial charge in [0.25, 0.3) is 0 Å². The number of rotatable bonds is 44. The standard InChI is InChI=1S/C58H74O17/c59-45-47-13-17-49(18-14-47)70-39-33-64-27-21-61-23-29-66-35-41-72-55-9-1-7-53-51(55)5-3-11-57(53)74-43-37-68-31-25-63-26-32-69-38-44-75-58-12-4-6-52-54(58)8-2-10-56(52)73-42-36-67-30-24-62-22-28-65-34-40-71-50-19-15-48(46-60)16-20-50/h1-20,59-60H,21-46H2. The number of aliphatic hydroxyl groups excluding tert-OH is 2. The van der Waals surface area contributed by atoms with Gasteiger partial charge in [-0.05, 0) is 59.7 Å². The third-order valence-electron chi connectivity index (χ3n) is 11.1. The van der Waals surface area contributed by atoms with Crippen molar-refractivity contribution in [1.29, 1.82) is 0 Å². The Balaban J connectivity index is 0.710. The van der Waals surface area contributed by atoms with Gasteiger partial charge in [0.2, 0.25) is 0 Å². The van der Waals surface area contributed by atoms with Crippen molar-refractivity contribution in [3.63, 3.8) is 0 Å². The highest BCUT2D eigenvalue weighted by Crippen LogP contribution is 2.33. The summed E-state index contributed by atoms with van der Waals surface area (Å²) in [5.74, 6) is 4.52. The zero-order valence-corrected chi connectivity index (χ0v) is 42.9. The molecule has 0 aromatic heterocycles. The van der Waals surface area contributed by atoms with Gasteiger partial charge in [0.15, 0.2) is 0 Å². The molecule has 0 unspecified atom stereocenters. The summed E-state index contributed by atoms with van der Waals surface area (Å²) in [7, 11) is 0. The van der Waals surface area contributed by atoms with Gasteiger partial charge in [-0.1, -0.05) is 72.8 Å². The summed E-state index contributed by atoms with van der Waals surface area (Å²) in [5, 5.41) is 22.1. The highest BCUT2D eigenvalue weighted by atomic mass is 16.6. The monoisotopic (exact) mass is 1040 g/mol. The van der Waals surface area contributed by atoms with E-state index in [0.717, 1.165) is 67.2 Å². The molecule has 6 rings (SSSR count). The van der Waals surface area contributed by atoms with E-state index < -0.39 is 0 Å². The lowest BCUT2D eigenvalue weighted by Gasteiger charge is -2.13. The van der Waals surface area contributed by atoms with E-state index in [0.29, 0.717) is 159 Å². The highest BCUT2D eigenvalue weighted by Gasteiger charge is 2.10. The molecule has 17 heteroatoms. The molecule has 0 amide bonds. The molecule has 0 spiro atoms. The molecular weight excluding hydrogens is 969 g/mol. The van der Waals surface area contributed by atoms with Crippen LogP contribution in [0.1, 0.15) is 11.1 Å². The molecule has 0 radical (unpaired) electrons. The van der Waals surface area contributed by atoms with Crippen molar-refractivity contribution in [3.8, 4) is 34.5 Å². The minimum atomic E-state index is 0.0135. The maximum Gasteiger partial charge on any atom is 0.127 e. The summed E-state index contributed by atoms with van der Waals surface area (Å²) in [6.45, 7) is 10.6. The van der Waals surface area contributed by atoms with Gasteiger partial charge in [0.05, 0.1) is 132 Å². The molecule has 0 heterocycles. The highest BCUT2D eigenvalue weighted by molar-refractivity contribution is 5.93. The normalized spacial score (nSPS) is 11.3. The van der Waals surface area contributed by atoms with Crippen molar-refractivity contribution >= 4 is 21.5 Å². The Morgan fingerprint density at radius 2 is 0.413 bits per heavy atom. The van der Waals surface area contributed by atoms with Crippen LogP contribution in [-0.2, 0) is 55.8 Å². The Labute approximate surface area is 440 Å². The maximum atomic E-state index is 9.12. The fraction of sp³-hybridized carbons (Fsp3) is 0.448. The summed E-state index contributed by atoms with van der Waals surface area (Å²) in [6, 6.07) is 38.3. The molecule has 0 aliphatic carbocycles. The molecule has 0 atom stereocenters. The Hall–Kier alpha value is -5.80. The van der Waals surface area contributed by atoms with Gasteiger partial charge in [0, 0.05) is 21.5 Å². The first-order valence-corrected chi connectivity index (χ1v) is 25.6. The second-order valence-corrected chi connectivity index (χ2v) is 16.4. The van der Waals surface area contributed by atoms with E-state index >= 15 is 0 Å². The Morgan fingerprint density at radius 3 is 0.627 bits per heavy atom. The lowest BCUT2D eigenvalue weighted by molar-refractivity contribution is 0.00500. The third-order valence-corrected chi connectivity index (χ3v) is 11.1. The second kappa shape index (κ2) is 37.0. The topological polar surface area (TPSA) is 179 Å². The smallest absolute Gasteiger partial charge is 0.127 e. The fourth-order valence-electron chi connectivity index (χ4n) is 7.29. The second-order valence-electron chi connectivity index (χ2n) is 16.4. The Kier molecular flexibility index (Phi) is 28.9. The number of hydrogen-bond donors (Lipinski definition) is 2. The van der Waals surface area contributed by atoms with Crippen LogP contribution in [0.5, 0.6) is 34.5 Å². The minimum Gasteiger partial charge on any atom is -0.491 e.